The van der Waals surface area contributed by atoms with Crippen molar-refractivity contribution in [2.24, 2.45) is 5.92 Å². The highest BCUT2D eigenvalue weighted by Crippen LogP contribution is 2.46. The van der Waals surface area contributed by atoms with Crippen molar-refractivity contribution in [2.75, 3.05) is 18.9 Å². The number of para-hydroxylation sites is 1. The minimum Gasteiger partial charge on any atom is -0.330 e. The van der Waals surface area contributed by atoms with E-state index in [4.69, 9.17) is 0 Å². The number of carbonyl (C=O) groups excluding carboxylic acids is 3. The summed E-state index contributed by atoms with van der Waals surface area (Å²) in [6.07, 6.45) is 0.590. The van der Waals surface area contributed by atoms with Crippen LogP contribution < -0.4 is 5.32 Å². The molecule has 3 amide bonds. The maximum Gasteiger partial charge on any atom is 0.254 e. The Balaban J connectivity index is 1.45. The molecule has 0 saturated carbocycles. The third-order valence-electron chi connectivity index (χ3n) is 8.15. The summed E-state index contributed by atoms with van der Waals surface area (Å²) in [6, 6.07) is 24.4. The summed E-state index contributed by atoms with van der Waals surface area (Å²) in [6.45, 7) is 4.03. The molecule has 0 bridgehead atoms. The molecule has 0 aliphatic carbocycles. The molecule has 206 valence electrons. The smallest absolute Gasteiger partial charge is 0.254 e. The molecular formula is C33H31N5O3. The van der Waals surface area contributed by atoms with Gasteiger partial charge in [-0.3, -0.25) is 14.4 Å². The average molecular weight is 546 g/mol. The topological polar surface area (TPSA) is 117 Å². The second kappa shape index (κ2) is 10.9. The molecule has 8 heteroatoms. The zero-order valence-electron chi connectivity index (χ0n) is 23.3. The van der Waals surface area contributed by atoms with Gasteiger partial charge in [-0.2, -0.15) is 10.5 Å². The van der Waals surface area contributed by atoms with Crippen molar-refractivity contribution >= 4 is 23.4 Å². The Morgan fingerprint density at radius 3 is 2.54 bits per heavy atom. The van der Waals surface area contributed by atoms with E-state index in [2.05, 4.69) is 17.5 Å². The van der Waals surface area contributed by atoms with Crippen LogP contribution in [0.15, 0.2) is 72.8 Å². The van der Waals surface area contributed by atoms with Gasteiger partial charge in [-0.15, -0.1) is 0 Å². The second-order valence-electron chi connectivity index (χ2n) is 11.2. The minimum absolute atomic E-state index is 0.0734. The predicted molar refractivity (Wildman–Crippen MR) is 154 cm³/mol. The molecule has 3 aromatic rings. The van der Waals surface area contributed by atoms with Crippen molar-refractivity contribution in [1.29, 1.82) is 10.5 Å². The molecular weight excluding hydrogens is 514 g/mol. The van der Waals surface area contributed by atoms with Gasteiger partial charge < -0.3 is 15.1 Å². The molecule has 0 radical (unpaired) electrons. The third kappa shape index (κ3) is 4.83. The summed E-state index contributed by atoms with van der Waals surface area (Å²) in [5.41, 5.74) is 2.83. The zero-order valence-corrected chi connectivity index (χ0v) is 23.3. The molecule has 1 saturated heterocycles. The first-order valence-corrected chi connectivity index (χ1v) is 13.7. The van der Waals surface area contributed by atoms with Gasteiger partial charge in [0.15, 0.2) is 0 Å². The van der Waals surface area contributed by atoms with Crippen molar-refractivity contribution in [2.45, 2.75) is 44.2 Å². The van der Waals surface area contributed by atoms with E-state index in [1.54, 1.807) is 37.4 Å². The van der Waals surface area contributed by atoms with Crippen LogP contribution >= 0.6 is 0 Å². The maximum absolute atomic E-state index is 14.2. The van der Waals surface area contributed by atoms with E-state index in [0.29, 0.717) is 23.2 Å². The van der Waals surface area contributed by atoms with Gasteiger partial charge in [0, 0.05) is 31.3 Å². The Kier molecular flexibility index (Phi) is 7.34. The van der Waals surface area contributed by atoms with Gasteiger partial charge in [-0.05, 0) is 53.3 Å². The molecule has 3 atom stereocenters. The molecule has 2 aliphatic rings. The van der Waals surface area contributed by atoms with Crippen LogP contribution in [0.2, 0.25) is 0 Å². The van der Waals surface area contributed by atoms with Crippen LogP contribution in [-0.2, 0) is 15.0 Å². The van der Waals surface area contributed by atoms with Crippen LogP contribution in [0.4, 0.5) is 5.69 Å². The number of nitriles is 2. The highest BCUT2D eigenvalue weighted by atomic mass is 16.2. The van der Waals surface area contributed by atoms with Crippen molar-refractivity contribution in [3.05, 3.63) is 89.5 Å². The van der Waals surface area contributed by atoms with E-state index in [0.717, 1.165) is 16.7 Å². The van der Waals surface area contributed by atoms with Gasteiger partial charge in [-0.1, -0.05) is 62.4 Å². The first-order valence-electron chi connectivity index (χ1n) is 13.7. The van der Waals surface area contributed by atoms with E-state index in [9.17, 15) is 24.9 Å². The zero-order chi connectivity index (χ0) is 29.3. The number of likely N-dealkylation sites (tertiary alicyclic amines) is 1. The molecule has 1 N–H and O–H groups in total. The molecule has 2 heterocycles. The van der Waals surface area contributed by atoms with Gasteiger partial charge in [-0.25, -0.2) is 0 Å². The van der Waals surface area contributed by atoms with Gasteiger partial charge in [0.1, 0.15) is 12.1 Å². The number of hydrogen-bond acceptors (Lipinski definition) is 5. The number of amides is 3. The largest absolute Gasteiger partial charge is 0.330 e. The van der Waals surface area contributed by atoms with Crippen molar-refractivity contribution in [3.63, 3.8) is 0 Å². The van der Waals surface area contributed by atoms with Crippen LogP contribution in [0, 0.1) is 28.6 Å². The lowest BCUT2D eigenvalue weighted by molar-refractivity contribution is -0.136. The molecule has 5 rings (SSSR count). The molecule has 3 aromatic carbocycles. The number of rotatable bonds is 6. The van der Waals surface area contributed by atoms with Crippen LogP contribution in [0.1, 0.15) is 48.2 Å². The fraction of sp³-hybridized carbons (Fsp3) is 0.303. The van der Waals surface area contributed by atoms with E-state index < -0.39 is 17.5 Å². The summed E-state index contributed by atoms with van der Waals surface area (Å²) >= 11 is 0. The van der Waals surface area contributed by atoms with Gasteiger partial charge in [0.05, 0.1) is 23.1 Å². The Morgan fingerprint density at radius 1 is 1.07 bits per heavy atom. The lowest BCUT2D eigenvalue weighted by atomic mass is 9.80. The normalized spacial score (nSPS) is 19.8. The van der Waals surface area contributed by atoms with Gasteiger partial charge in [0.2, 0.25) is 11.8 Å². The van der Waals surface area contributed by atoms with Crippen molar-refractivity contribution < 1.29 is 14.4 Å². The fourth-order valence-corrected chi connectivity index (χ4v) is 6.05. The summed E-state index contributed by atoms with van der Waals surface area (Å²) in [7, 11) is 1.61. The lowest BCUT2D eigenvalue weighted by Gasteiger charge is -2.33. The van der Waals surface area contributed by atoms with Crippen molar-refractivity contribution in [1.82, 2.24) is 9.80 Å². The van der Waals surface area contributed by atoms with Crippen molar-refractivity contribution in [3.8, 4) is 23.3 Å². The molecule has 1 spiro atoms. The summed E-state index contributed by atoms with van der Waals surface area (Å²) < 4.78 is 0. The van der Waals surface area contributed by atoms with Crippen LogP contribution in [0.3, 0.4) is 0 Å². The van der Waals surface area contributed by atoms with E-state index in [1.165, 1.54) is 9.80 Å². The molecule has 8 nitrogen and oxygen atoms in total. The number of anilines is 1. The molecule has 41 heavy (non-hydrogen) atoms. The Bertz CT molecular complexity index is 1620. The standard InChI is InChI=1S/C33H31N5O3/c1-21(2)15-29(37(3)30(39)23-11-8-10-22(16-23)26-12-5-4-9-24(26)18-34)31(40)38-20-33(17-25(38)19-35)27-13-6-7-14-28(27)36-32(33)41/h4-14,16,21,25,29H,15,17,20H2,1-3H3,(H,36,41)/t25-,29-,33-/m0/s1. The molecule has 2 aliphatic heterocycles. The highest BCUT2D eigenvalue weighted by Gasteiger charge is 2.56. The van der Waals surface area contributed by atoms with Gasteiger partial charge >= 0.3 is 0 Å². The molecule has 1 fully saturated rings. The number of fused-ring (bicyclic) bond motifs is 2. The SMILES string of the molecule is CC(C)C[C@@H](C(=O)N1C[C@]2(C[C@H]1C#N)C(=O)Nc1ccccc12)N(C)C(=O)c1cccc(-c2ccccc2C#N)c1. The lowest BCUT2D eigenvalue weighted by Crippen LogP contribution is -2.52. The Labute approximate surface area is 239 Å². The highest BCUT2D eigenvalue weighted by molar-refractivity contribution is 6.07. The molecule has 0 aromatic heterocycles. The maximum atomic E-state index is 14.2. The van der Waals surface area contributed by atoms with Crippen LogP contribution in [-0.4, -0.2) is 53.2 Å². The number of nitrogens with zero attached hydrogens (tertiary/aromatic N) is 4. The second-order valence-corrected chi connectivity index (χ2v) is 11.2. The Hall–Kier alpha value is -4.95. The third-order valence-corrected chi connectivity index (χ3v) is 8.15. The number of likely N-dealkylation sites (N-methyl/N-ethyl adjacent to an activating group) is 1. The van der Waals surface area contributed by atoms with Crippen LogP contribution in [0.25, 0.3) is 11.1 Å². The van der Waals surface area contributed by atoms with E-state index >= 15 is 0 Å². The number of benzene rings is 3. The van der Waals surface area contributed by atoms with E-state index in [-0.39, 0.29) is 36.6 Å². The predicted octanol–water partition coefficient (Wildman–Crippen LogP) is 4.73. The number of carbonyl (C=O) groups is 3. The first kappa shape index (κ1) is 27.6. The minimum atomic E-state index is -1.000. The quantitative estimate of drug-likeness (QED) is 0.481. The van der Waals surface area contributed by atoms with Crippen LogP contribution in [0.5, 0.6) is 0 Å². The summed E-state index contributed by atoms with van der Waals surface area (Å²) in [4.78, 5) is 44.1. The summed E-state index contributed by atoms with van der Waals surface area (Å²) in [5.74, 6) is -0.818. The number of hydrogen-bond donors (Lipinski definition) is 1. The number of nitrogens with one attached hydrogen (secondary N) is 1. The van der Waals surface area contributed by atoms with E-state index in [1.807, 2.05) is 56.3 Å². The average Bonchev–Trinajstić information content (AvgIpc) is 3.52. The monoisotopic (exact) mass is 545 g/mol. The fourth-order valence-electron chi connectivity index (χ4n) is 6.05. The first-order chi connectivity index (χ1) is 19.7. The molecule has 0 unspecified atom stereocenters. The summed E-state index contributed by atoms with van der Waals surface area (Å²) in [5, 5.41) is 22.5. The van der Waals surface area contributed by atoms with Gasteiger partial charge in [0.25, 0.3) is 5.91 Å². The Morgan fingerprint density at radius 2 is 1.80 bits per heavy atom.